The second-order valence-corrected chi connectivity index (χ2v) is 4.23. The molecule has 2 unspecified atom stereocenters. The molecule has 0 aliphatic carbocycles. The predicted molar refractivity (Wildman–Crippen MR) is 52.5 cm³/mol. The highest BCUT2D eigenvalue weighted by Crippen LogP contribution is 2.20. The van der Waals surface area contributed by atoms with Gasteiger partial charge in [0.05, 0.1) is 12.2 Å². The van der Waals surface area contributed by atoms with E-state index in [1.807, 2.05) is 13.8 Å². The van der Waals surface area contributed by atoms with Crippen molar-refractivity contribution in [3.05, 3.63) is 0 Å². The van der Waals surface area contributed by atoms with Crippen molar-refractivity contribution in [2.24, 2.45) is 5.92 Å². The zero-order valence-electron chi connectivity index (χ0n) is 8.61. The topological polar surface area (TPSA) is 43.7 Å². The van der Waals surface area contributed by atoms with Gasteiger partial charge in [-0.1, -0.05) is 0 Å². The molecule has 0 amide bonds. The van der Waals surface area contributed by atoms with Gasteiger partial charge in [-0.15, -0.1) is 0 Å². The first-order valence-electron chi connectivity index (χ1n) is 5.18. The van der Waals surface area contributed by atoms with Crippen LogP contribution in [0.1, 0.15) is 26.7 Å². The number of hydrogen-bond acceptors (Lipinski definition) is 3. The molecule has 0 saturated carbocycles. The predicted octanol–water partition coefficient (Wildman–Crippen LogP) is 0.460. The maximum absolute atomic E-state index is 9.38. The quantitative estimate of drug-likeness (QED) is 0.674. The van der Waals surface area contributed by atoms with E-state index in [2.05, 4.69) is 4.90 Å². The Labute approximate surface area is 80.4 Å². The maximum atomic E-state index is 9.38. The van der Waals surface area contributed by atoms with E-state index in [1.165, 1.54) is 0 Å². The molecule has 2 N–H and O–H groups in total. The van der Waals surface area contributed by atoms with Gasteiger partial charge in [-0.2, -0.15) is 0 Å². The largest absolute Gasteiger partial charge is 0.393 e. The van der Waals surface area contributed by atoms with Crippen LogP contribution in [0, 0.1) is 5.92 Å². The number of hydrogen-bond donors (Lipinski definition) is 2. The summed E-state index contributed by atoms with van der Waals surface area (Å²) < 4.78 is 0. The van der Waals surface area contributed by atoms with Crippen molar-refractivity contribution < 1.29 is 10.2 Å². The van der Waals surface area contributed by atoms with Crippen molar-refractivity contribution in [2.75, 3.05) is 19.6 Å². The van der Waals surface area contributed by atoms with Gasteiger partial charge in [0.2, 0.25) is 0 Å². The fourth-order valence-corrected chi connectivity index (χ4v) is 1.99. The van der Waals surface area contributed by atoms with E-state index in [4.69, 9.17) is 0 Å². The Morgan fingerprint density at radius 3 is 2.15 bits per heavy atom. The summed E-state index contributed by atoms with van der Waals surface area (Å²) >= 11 is 0. The number of nitrogens with zero attached hydrogens (tertiary/aromatic N) is 1. The first-order chi connectivity index (χ1) is 6.09. The third kappa shape index (κ3) is 3.63. The smallest absolute Gasteiger partial charge is 0.0639 e. The van der Waals surface area contributed by atoms with Gasteiger partial charge in [-0.25, -0.2) is 0 Å². The van der Waals surface area contributed by atoms with Crippen LogP contribution in [0.25, 0.3) is 0 Å². The van der Waals surface area contributed by atoms with Gasteiger partial charge < -0.3 is 15.1 Å². The molecule has 78 valence electrons. The monoisotopic (exact) mass is 187 g/mol. The van der Waals surface area contributed by atoms with E-state index in [0.29, 0.717) is 5.92 Å². The van der Waals surface area contributed by atoms with Crippen LogP contribution in [0.4, 0.5) is 0 Å². The van der Waals surface area contributed by atoms with Crippen LogP contribution < -0.4 is 0 Å². The molecule has 0 aromatic rings. The zero-order valence-corrected chi connectivity index (χ0v) is 8.61. The summed E-state index contributed by atoms with van der Waals surface area (Å²) in [4.78, 5) is 2.27. The third-order valence-corrected chi connectivity index (χ3v) is 2.84. The average Bonchev–Trinajstić information content (AvgIpc) is 2.04. The average molecular weight is 187 g/mol. The van der Waals surface area contributed by atoms with Crippen LogP contribution in [0.5, 0.6) is 0 Å². The number of aliphatic hydroxyl groups excluding tert-OH is 2. The molecule has 1 aliphatic heterocycles. The molecule has 0 aromatic carbocycles. The number of rotatable bonds is 3. The van der Waals surface area contributed by atoms with E-state index in [9.17, 15) is 10.2 Å². The molecule has 2 atom stereocenters. The fraction of sp³-hybridized carbons (Fsp3) is 1.00. The summed E-state index contributed by atoms with van der Waals surface area (Å²) in [6.45, 7) is 6.49. The first kappa shape index (κ1) is 11.0. The lowest BCUT2D eigenvalue weighted by Crippen LogP contribution is -2.40. The molecular formula is C10H21NO2. The molecule has 0 spiro atoms. The lowest BCUT2D eigenvalue weighted by Gasteiger charge is -2.33. The molecule has 1 heterocycles. The first-order valence-corrected chi connectivity index (χ1v) is 5.18. The fourth-order valence-electron chi connectivity index (χ4n) is 1.99. The SMILES string of the molecule is CC(O)CN1CCC(C(C)O)CC1. The van der Waals surface area contributed by atoms with Gasteiger partial charge in [-0.3, -0.25) is 0 Å². The Kier molecular flexibility index (Phi) is 4.16. The minimum Gasteiger partial charge on any atom is -0.393 e. The molecule has 1 saturated heterocycles. The highest BCUT2D eigenvalue weighted by Gasteiger charge is 2.22. The van der Waals surface area contributed by atoms with Crippen molar-refractivity contribution >= 4 is 0 Å². The van der Waals surface area contributed by atoms with Crippen molar-refractivity contribution in [3.8, 4) is 0 Å². The molecule has 0 aromatic heterocycles. The minimum absolute atomic E-state index is 0.173. The van der Waals surface area contributed by atoms with Gasteiger partial charge in [0, 0.05) is 6.54 Å². The normalized spacial score (nSPS) is 25.8. The summed E-state index contributed by atoms with van der Waals surface area (Å²) in [5.41, 5.74) is 0. The van der Waals surface area contributed by atoms with Crippen LogP contribution >= 0.6 is 0 Å². The Morgan fingerprint density at radius 2 is 1.77 bits per heavy atom. The lowest BCUT2D eigenvalue weighted by atomic mass is 9.92. The van der Waals surface area contributed by atoms with Crippen molar-refractivity contribution in [1.82, 2.24) is 4.90 Å². The highest BCUT2D eigenvalue weighted by molar-refractivity contribution is 4.76. The summed E-state index contributed by atoms with van der Waals surface area (Å²) in [5.74, 6) is 0.463. The van der Waals surface area contributed by atoms with Crippen LogP contribution in [-0.2, 0) is 0 Å². The maximum Gasteiger partial charge on any atom is 0.0639 e. The molecule has 3 heteroatoms. The molecule has 1 fully saturated rings. The standard InChI is InChI=1S/C10H21NO2/c1-8(12)7-11-5-3-10(4-6-11)9(2)13/h8-10,12-13H,3-7H2,1-2H3. The number of aliphatic hydroxyl groups is 2. The van der Waals surface area contributed by atoms with Gasteiger partial charge in [-0.05, 0) is 45.7 Å². The molecule has 1 rings (SSSR count). The zero-order chi connectivity index (χ0) is 9.84. The Bertz CT molecular complexity index is 140. The van der Waals surface area contributed by atoms with Crippen molar-refractivity contribution in [3.63, 3.8) is 0 Å². The van der Waals surface area contributed by atoms with E-state index in [1.54, 1.807) is 0 Å². The van der Waals surface area contributed by atoms with E-state index >= 15 is 0 Å². The summed E-state index contributed by atoms with van der Waals surface area (Å²) in [7, 11) is 0. The minimum atomic E-state index is -0.233. The molecule has 1 aliphatic rings. The summed E-state index contributed by atoms with van der Waals surface area (Å²) in [5, 5.41) is 18.6. The Balaban J connectivity index is 2.22. The van der Waals surface area contributed by atoms with Crippen LogP contribution in [-0.4, -0.2) is 47.0 Å². The van der Waals surface area contributed by atoms with Gasteiger partial charge >= 0.3 is 0 Å². The molecular weight excluding hydrogens is 166 g/mol. The van der Waals surface area contributed by atoms with Gasteiger partial charge in [0.25, 0.3) is 0 Å². The molecule has 3 nitrogen and oxygen atoms in total. The second kappa shape index (κ2) is 4.94. The third-order valence-electron chi connectivity index (χ3n) is 2.84. The summed E-state index contributed by atoms with van der Waals surface area (Å²) in [6, 6.07) is 0. The molecule has 0 radical (unpaired) electrons. The van der Waals surface area contributed by atoms with Crippen LogP contribution in [0.15, 0.2) is 0 Å². The Morgan fingerprint density at radius 1 is 1.23 bits per heavy atom. The number of likely N-dealkylation sites (tertiary alicyclic amines) is 1. The molecule has 0 bridgehead atoms. The van der Waals surface area contributed by atoms with Crippen LogP contribution in [0.2, 0.25) is 0 Å². The Hall–Kier alpha value is -0.120. The van der Waals surface area contributed by atoms with Crippen molar-refractivity contribution in [1.29, 1.82) is 0 Å². The lowest BCUT2D eigenvalue weighted by molar-refractivity contribution is 0.0529. The van der Waals surface area contributed by atoms with Gasteiger partial charge in [0.1, 0.15) is 0 Å². The van der Waals surface area contributed by atoms with Crippen molar-refractivity contribution in [2.45, 2.75) is 38.9 Å². The number of β-amino-alcohol motifs (C(OH)–C–C–N with tert-alkyl or cyclic N) is 1. The van der Waals surface area contributed by atoms with E-state index in [0.717, 1.165) is 32.5 Å². The van der Waals surface area contributed by atoms with Crippen LogP contribution in [0.3, 0.4) is 0 Å². The second-order valence-electron chi connectivity index (χ2n) is 4.23. The van der Waals surface area contributed by atoms with Gasteiger partial charge in [0.15, 0.2) is 0 Å². The number of piperidine rings is 1. The summed E-state index contributed by atoms with van der Waals surface area (Å²) in [6.07, 6.45) is 1.71. The van der Waals surface area contributed by atoms with E-state index in [-0.39, 0.29) is 12.2 Å². The molecule has 13 heavy (non-hydrogen) atoms. The van der Waals surface area contributed by atoms with E-state index < -0.39 is 0 Å². The highest BCUT2D eigenvalue weighted by atomic mass is 16.3.